The van der Waals surface area contributed by atoms with Gasteiger partial charge in [0.2, 0.25) is 0 Å². The third-order valence-electron chi connectivity index (χ3n) is 1.59. The molecule has 88 valence electrons. The van der Waals surface area contributed by atoms with Gasteiger partial charge in [0.25, 0.3) is 6.29 Å². The summed E-state index contributed by atoms with van der Waals surface area (Å²) in [7, 11) is 0. The fourth-order valence-electron chi connectivity index (χ4n) is 0.795. The molecule has 2 unspecified atom stereocenters. The van der Waals surface area contributed by atoms with Crippen molar-refractivity contribution in [3.05, 3.63) is 0 Å². The van der Waals surface area contributed by atoms with E-state index >= 15 is 0 Å². The summed E-state index contributed by atoms with van der Waals surface area (Å²) in [5, 5.41) is 17.2. The van der Waals surface area contributed by atoms with Crippen molar-refractivity contribution in [2.75, 3.05) is 0 Å². The van der Waals surface area contributed by atoms with Crippen LogP contribution in [0.2, 0.25) is 0 Å². The van der Waals surface area contributed by atoms with Crippen molar-refractivity contribution in [2.45, 2.75) is 24.2 Å². The van der Waals surface area contributed by atoms with Gasteiger partial charge in [0.05, 0.1) is 0 Å². The molecule has 0 bridgehead atoms. The van der Waals surface area contributed by atoms with Crippen LogP contribution in [0, 0.1) is 0 Å². The second kappa shape index (κ2) is 2.92. The monoisotopic (exact) mass is 238 g/mol. The average molecular weight is 238 g/mol. The van der Waals surface area contributed by atoms with Crippen LogP contribution in [0.25, 0.3) is 0 Å². The van der Waals surface area contributed by atoms with Crippen LogP contribution in [0.1, 0.15) is 0 Å². The van der Waals surface area contributed by atoms with Gasteiger partial charge in [0.15, 0.2) is 0 Å². The van der Waals surface area contributed by atoms with Gasteiger partial charge in [-0.05, 0) is 0 Å². The minimum atomic E-state index is -6.21. The molecule has 0 spiro atoms. The molecule has 2 atom stereocenters. The molecule has 0 aromatic heterocycles. The molecule has 15 heavy (non-hydrogen) atoms. The number of alkyl halides is 5. The van der Waals surface area contributed by atoms with Gasteiger partial charge in [-0.25, -0.2) is 4.79 Å². The maximum atomic E-state index is 12.6. The van der Waals surface area contributed by atoms with Crippen LogP contribution in [0.5, 0.6) is 0 Å². The number of aliphatic hydroxyl groups is 2. The number of halogens is 5. The van der Waals surface area contributed by atoms with Gasteiger partial charge in [-0.15, -0.1) is 0 Å². The van der Waals surface area contributed by atoms with Gasteiger partial charge < -0.3 is 19.7 Å². The van der Waals surface area contributed by atoms with Crippen LogP contribution >= 0.6 is 0 Å². The summed E-state index contributed by atoms with van der Waals surface area (Å²) in [5.41, 5.74) is 0. The van der Waals surface area contributed by atoms with Crippen LogP contribution < -0.4 is 0 Å². The van der Waals surface area contributed by atoms with Crippen LogP contribution in [-0.2, 0) is 9.47 Å². The molecule has 5 nitrogen and oxygen atoms in total. The molecule has 0 aromatic rings. The Hall–Kier alpha value is -1.16. The quantitative estimate of drug-likeness (QED) is 0.509. The highest BCUT2D eigenvalue weighted by Gasteiger charge is 2.78. The third kappa shape index (κ3) is 1.49. The van der Waals surface area contributed by atoms with E-state index in [0.717, 1.165) is 0 Å². The number of hydrogen-bond donors (Lipinski definition) is 2. The molecule has 1 aliphatic heterocycles. The van der Waals surface area contributed by atoms with Gasteiger partial charge in [0, 0.05) is 0 Å². The molecule has 1 rings (SSSR count). The molecular weight excluding hydrogens is 235 g/mol. The predicted molar refractivity (Wildman–Crippen MR) is 29.5 cm³/mol. The Morgan fingerprint density at radius 1 is 1.27 bits per heavy atom. The number of aliphatic hydroxyl groups excluding tert-OH is 1. The Bertz CT molecular complexity index is 288. The number of ether oxygens (including phenoxy) is 2. The van der Waals surface area contributed by atoms with E-state index in [2.05, 4.69) is 9.47 Å². The van der Waals surface area contributed by atoms with Crippen LogP contribution in [-0.4, -0.2) is 40.5 Å². The van der Waals surface area contributed by atoms with Gasteiger partial charge in [-0.2, -0.15) is 22.0 Å². The summed E-state index contributed by atoms with van der Waals surface area (Å²) >= 11 is 0. The maximum absolute atomic E-state index is 12.6. The average Bonchev–Trinajstić information content (AvgIpc) is 2.24. The molecular formula is C5H3F5O5. The van der Waals surface area contributed by atoms with E-state index in [1.807, 2.05) is 0 Å². The molecule has 1 saturated heterocycles. The molecule has 1 heterocycles. The van der Waals surface area contributed by atoms with Crippen LogP contribution in [0.15, 0.2) is 0 Å². The van der Waals surface area contributed by atoms with E-state index in [-0.39, 0.29) is 0 Å². The summed E-state index contributed by atoms with van der Waals surface area (Å²) < 4.78 is 67.0. The fourth-order valence-corrected chi connectivity index (χ4v) is 0.795. The zero-order valence-electron chi connectivity index (χ0n) is 6.59. The van der Waals surface area contributed by atoms with Gasteiger partial charge in [-0.1, -0.05) is 0 Å². The Morgan fingerprint density at radius 2 is 1.73 bits per heavy atom. The van der Waals surface area contributed by atoms with Crippen molar-refractivity contribution in [3.8, 4) is 0 Å². The van der Waals surface area contributed by atoms with Crippen molar-refractivity contribution in [1.82, 2.24) is 0 Å². The Labute approximate surface area is 78.0 Å². The smallest absolute Gasteiger partial charge is 0.397 e. The molecule has 1 fully saturated rings. The highest BCUT2D eigenvalue weighted by atomic mass is 19.4. The van der Waals surface area contributed by atoms with E-state index in [0.29, 0.717) is 0 Å². The minimum absolute atomic E-state index is 2.03. The number of carbonyl (C=O) groups is 1. The molecule has 0 amide bonds. The lowest BCUT2D eigenvalue weighted by molar-refractivity contribution is -0.408. The van der Waals surface area contributed by atoms with Crippen molar-refractivity contribution >= 4 is 6.16 Å². The second-order valence-corrected chi connectivity index (χ2v) is 2.59. The Balaban J connectivity index is 3.11. The summed E-state index contributed by atoms with van der Waals surface area (Å²) in [5.74, 6) is -10.3. The van der Waals surface area contributed by atoms with E-state index in [1.165, 1.54) is 0 Å². The summed E-state index contributed by atoms with van der Waals surface area (Å²) in [6.45, 7) is 0. The fraction of sp³-hybridized carbons (Fsp3) is 0.800. The number of carbonyl (C=O) groups excluding carboxylic acids is 1. The first-order valence-electron chi connectivity index (χ1n) is 3.27. The van der Waals surface area contributed by atoms with Gasteiger partial charge >= 0.3 is 24.0 Å². The topological polar surface area (TPSA) is 76.0 Å². The Morgan fingerprint density at radius 3 is 2.00 bits per heavy atom. The van der Waals surface area contributed by atoms with E-state index in [1.54, 1.807) is 0 Å². The molecule has 0 radical (unpaired) electrons. The van der Waals surface area contributed by atoms with E-state index in [4.69, 9.17) is 10.2 Å². The first kappa shape index (κ1) is 11.9. The lowest BCUT2D eigenvalue weighted by Crippen LogP contribution is -2.62. The van der Waals surface area contributed by atoms with Crippen molar-refractivity contribution in [3.63, 3.8) is 0 Å². The van der Waals surface area contributed by atoms with E-state index < -0.39 is 30.3 Å². The standard InChI is InChI=1S/C5H3F5O5/c6-4(7,5(8,9)10)3(13)1(11)14-2(12)15-3/h1,11,13H. The van der Waals surface area contributed by atoms with Crippen molar-refractivity contribution < 1.29 is 46.4 Å². The first-order valence-corrected chi connectivity index (χ1v) is 3.27. The van der Waals surface area contributed by atoms with Crippen molar-refractivity contribution in [1.29, 1.82) is 0 Å². The van der Waals surface area contributed by atoms with Crippen LogP contribution in [0.4, 0.5) is 26.7 Å². The SMILES string of the molecule is O=C1OC(O)C(O)(C(F)(F)C(F)(F)F)O1. The molecule has 10 heteroatoms. The van der Waals surface area contributed by atoms with Crippen molar-refractivity contribution in [2.24, 2.45) is 0 Å². The zero-order chi connectivity index (χ0) is 12.1. The lowest BCUT2D eigenvalue weighted by atomic mass is 10.1. The van der Waals surface area contributed by atoms with E-state index in [9.17, 15) is 26.7 Å². The lowest BCUT2D eigenvalue weighted by Gasteiger charge is -2.31. The zero-order valence-corrected chi connectivity index (χ0v) is 6.59. The third-order valence-corrected chi connectivity index (χ3v) is 1.59. The largest absolute Gasteiger partial charge is 0.513 e. The summed E-state index contributed by atoms with van der Waals surface area (Å²) in [6, 6.07) is 0. The molecule has 2 N–H and O–H groups in total. The Kier molecular flexibility index (Phi) is 2.32. The highest BCUT2D eigenvalue weighted by molar-refractivity contribution is 5.63. The maximum Gasteiger partial charge on any atom is 0.513 e. The molecule has 0 aromatic carbocycles. The molecule has 0 saturated carbocycles. The highest BCUT2D eigenvalue weighted by Crippen LogP contribution is 2.47. The summed E-state index contributed by atoms with van der Waals surface area (Å²) in [4.78, 5) is 10.2. The van der Waals surface area contributed by atoms with Gasteiger partial charge in [0.1, 0.15) is 0 Å². The normalized spacial score (nSPS) is 32.5. The minimum Gasteiger partial charge on any atom is -0.397 e. The predicted octanol–water partition coefficient (Wildman–Crippen LogP) is 0.358. The molecule has 0 aliphatic carbocycles. The number of hydrogen-bond acceptors (Lipinski definition) is 5. The molecule has 1 aliphatic rings. The second-order valence-electron chi connectivity index (χ2n) is 2.59. The number of rotatable bonds is 1. The number of cyclic esters (lactones) is 2. The first-order chi connectivity index (χ1) is 6.52. The van der Waals surface area contributed by atoms with Gasteiger partial charge in [-0.3, -0.25) is 0 Å². The van der Waals surface area contributed by atoms with Crippen LogP contribution in [0.3, 0.4) is 0 Å². The summed E-state index contributed by atoms with van der Waals surface area (Å²) in [6.07, 6.45) is -11.4.